The van der Waals surface area contributed by atoms with Gasteiger partial charge in [0.1, 0.15) is 36.1 Å². The van der Waals surface area contributed by atoms with Crippen molar-refractivity contribution < 1.29 is 44.0 Å². The van der Waals surface area contributed by atoms with Crippen molar-refractivity contribution in [2.45, 2.75) is 64.5 Å². The van der Waals surface area contributed by atoms with Crippen LogP contribution in [-0.2, 0) is 25.7 Å². The molecule has 4 aliphatic carbocycles. The minimum atomic E-state index is -5.79. The van der Waals surface area contributed by atoms with Crippen LogP contribution in [0.25, 0.3) is 0 Å². The Bertz CT molecular complexity index is 1390. The van der Waals surface area contributed by atoms with E-state index in [4.69, 9.17) is 4.74 Å². The molecule has 47 heavy (non-hydrogen) atoms. The Morgan fingerprint density at radius 3 is 1.34 bits per heavy atom. The first-order valence-electron chi connectivity index (χ1n) is 15.6. The molecular formula is C35H38F6O4S2. The van der Waals surface area contributed by atoms with E-state index in [1.807, 2.05) is 0 Å². The molecule has 0 saturated heterocycles. The molecule has 4 aliphatic rings. The Kier molecular flexibility index (Phi) is 11.4. The van der Waals surface area contributed by atoms with Gasteiger partial charge in [-0.25, -0.2) is 8.42 Å². The highest BCUT2D eigenvalue weighted by molar-refractivity contribution is 7.97. The first-order valence-corrected chi connectivity index (χ1v) is 18.3. The van der Waals surface area contributed by atoms with Crippen LogP contribution in [0.3, 0.4) is 0 Å². The minimum Gasteiger partial charge on any atom is -0.746 e. The molecule has 12 heteroatoms. The number of ether oxygens (including phenoxy) is 1. The molecular weight excluding hydrogens is 663 g/mol. The van der Waals surface area contributed by atoms with Crippen LogP contribution in [-0.4, -0.2) is 50.7 Å². The van der Waals surface area contributed by atoms with Crippen molar-refractivity contribution >= 4 is 21.0 Å². The third-order valence-corrected chi connectivity index (χ3v) is 12.9. The largest absolute Gasteiger partial charge is 0.746 e. The molecule has 4 nitrogen and oxygen atoms in total. The maximum absolute atomic E-state index is 13.7. The summed E-state index contributed by atoms with van der Waals surface area (Å²) in [5, 5.41) is 0. The van der Waals surface area contributed by atoms with E-state index >= 15 is 0 Å². The van der Waals surface area contributed by atoms with Gasteiger partial charge in [0.25, 0.3) is 0 Å². The topological polar surface area (TPSA) is 66.4 Å². The van der Waals surface area contributed by atoms with E-state index in [-0.39, 0.29) is 22.7 Å². The van der Waals surface area contributed by atoms with Gasteiger partial charge < -0.3 is 9.29 Å². The Balaban J connectivity index is 0.000000198. The maximum Gasteiger partial charge on any atom is 0.396 e. The summed E-state index contributed by atoms with van der Waals surface area (Å²) in [4.78, 5) is 4.08. The molecule has 256 valence electrons. The Labute approximate surface area is 275 Å². The lowest BCUT2D eigenvalue weighted by Crippen LogP contribution is -2.58. The highest BCUT2D eigenvalue weighted by Crippen LogP contribution is 2.56. The molecule has 0 N–H and O–H groups in total. The first-order chi connectivity index (χ1) is 22.4. The molecule has 0 spiro atoms. The standard InChI is InChI=1S/C18H15S.C17H24F6O4S/c1-4-10-16(11-5-1)19(17-12-6-2-7-13-17)18-14-8-3-9-15-18;18-6-16(7-19,8-20)14(17(21,22)23)15(28(24,25)26)27-13-11-2-9-1-10(4-11)5-12(13)3-9/h1-15H;9-15H,1-8H2,(H,24,25,26)/q+1;/p-1. The average Bonchev–Trinajstić information content (AvgIpc) is 3.05. The average molecular weight is 701 g/mol. The fraction of sp³-hybridized carbons (Fsp3) is 0.486. The van der Waals surface area contributed by atoms with Crippen molar-refractivity contribution in [1.82, 2.24) is 0 Å². The molecule has 0 radical (unpaired) electrons. The summed E-state index contributed by atoms with van der Waals surface area (Å²) in [6.07, 6.45) is -2.83. The van der Waals surface area contributed by atoms with Crippen LogP contribution in [0.15, 0.2) is 106 Å². The second kappa shape index (κ2) is 14.9. The SMILES string of the molecule is O=S(=O)([O-])C(OC1C2CC3CC(C2)CC1C3)C(C(F)(F)F)C(CF)(CF)CF.c1ccc([S+](c2ccccc2)c2ccccc2)cc1. The third kappa shape index (κ3) is 8.03. The predicted octanol–water partition coefficient (Wildman–Crippen LogP) is 8.55. The predicted molar refractivity (Wildman–Crippen MR) is 167 cm³/mol. The molecule has 4 saturated carbocycles. The second-order valence-corrected chi connectivity index (χ2v) is 16.4. The quantitative estimate of drug-likeness (QED) is 0.114. The van der Waals surface area contributed by atoms with E-state index in [1.165, 1.54) is 14.7 Å². The summed E-state index contributed by atoms with van der Waals surface area (Å²) in [6.45, 7) is -6.33. The molecule has 0 aliphatic heterocycles. The summed E-state index contributed by atoms with van der Waals surface area (Å²) < 4.78 is 122. The summed E-state index contributed by atoms with van der Waals surface area (Å²) in [5.41, 5.74) is -6.41. The number of alkyl halides is 6. The highest BCUT2D eigenvalue weighted by Gasteiger charge is 2.62. The fourth-order valence-corrected chi connectivity index (χ4v) is 10.9. The number of benzene rings is 3. The zero-order chi connectivity index (χ0) is 33.8. The molecule has 4 bridgehead atoms. The van der Waals surface area contributed by atoms with Crippen LogP contribution in [0.2, 0.25) is 0 Å². The first kappa shape index (κ1) is 35.8. The smallest absolute Gasteiger partial charge is 0.396 e. The maximum atomic E-state index is 13.7. The lowest BCUT2D eigenvalue weighted by Gasteiger charge is -2.55. The van der Waals surface area contributed by atoms with Crippen LogP contribution in [0.1, 0.15) is 32.1 Å². The summed E-state index contributed by atoms with van der Waals surface area (Å²) in [5.74, 6) is -3.05. The van der Waals surface area contributed by atoms with E-state index in [9.17, 15) is 39.3 Å². The summed E-state index contributed by atoms with van der Waals surface area (Å²) >= 11 is 0. The van der Waals surface area contributed by atoms with Gasteiger partial charge in [-0.15, -0.1) is 0 Å². The van der Waals surface area contributed by atoms with Crippen LogP contribution in [0.4, 0.5) is 26.3 Å². The number of halogens is 6. The molecule has 3 aromatic rings. The second-order valence-electron chi connectivity index (χ2n) is 12.9. The van der Waals surface area contributed by atoms with Gasteiger partial charge in [0.2, 0.25) is 0 Å². The molecule has 0 amide bonds. The Hall–Kier alpha value is -2.54. The Morgan fingerprint density at radius 1 is 0.681 bits per heavy atom. The lowest BCUT2D eigenvalue weighted by molar-refractivity contribution is -0.253. The molecule has 4 fully saturated rings. The minimum absolute atomic E-state index is 0.0146. The van der Waals surface area contributed by atoms with Gasteiger partial charge in [-0.2, -0.15) is 13.2 Å². The van der Waals surface area contributed by atoms with Crippen molar-refractivity contribution in [3.8, 4) is 0 Å². The van der Waals surface area contributed by atoms with Gasteiger partial charge in [-0.05, 0) is 92.2 Å². The van der Waals surface area contributed by atoms with E-state index in [0.717, 1.165) is 6.42 Å². The van der Waals surface area contributed by atoms with Crippen LogP contribution in [0.5, 0.6) is 0 Å². The molecule has 2 atom stereocenters. The van der Waals surface area contributed by atoms with Gasteiger partial charge >= 0.3 is 6.18 Å². The molecule has 7 rings (SSSR count). The van der Waals surface area contributed by atoms with E-state index in [1.54, 1.807) is 0 Å². The highest BCUT2D eigenvalue weighted by atomic mass is 32.2. The molecule has 0 aromatic heterocycles. The van der Waals surface area contributed by atoms with Gasteiger partial charge in [0, 0.05) is 0 Å². The summed E-state index contributed by atoms with van der Waals surface area (Å²) in [7, 11) is -5.80. The van der Waals surface area contributed by atoms with Gasteiger partial charge in [-0.3, -0.25) is 13.2 Å². The van der Waals surface area contributed by atoms with Crippen molar-refractivity contribution in [2.24, 2.45) is 35.0 Å². The van der Waals surface area contributed by atoms with Crippen molar-refractivity contribution in [1.29, 1.82) is 0 Å². The fourth-order valence-electron chi connectivity index (χ4n) is 7.79. The summed E-state index contributed by atoms with van der Waals surface area (Å²) in [6, 6.07) is 32.2. The number of rotatable bonds is 11. The van der Waals surface area contributed by atoms with Crippen molar-refractivity contribution in [3.63, 3.8) is 0 Å². The van der Waals surface area contributed by atoms with Gasteiger partial charge in [0.15, 0.2) is 20.1 Å². The Morgan fingerprint density at radius 2 is 1.04 bits per heavy atom. The van der Waals surface area contributed by atoms with Gasteiger partial charge in [0.05, 0.1) is 22.4 Å². The van der Waals surface area contributed by atoms with Crippen molar-refractivity contribution in [3.05, 3.63) is 91.0 Å². The monoisotopic (exact) mass is 700 g/mol. The van der Waals surface area contributed by atoms with E-state index in [0.29, 0.717) is 37.5 Å². The molecule has 3 aromatic carbocycles. The van der Waals surface area contributed by atoms with E-state index < -0.39 is 59.2 Å². The van der Waals surface area contributed by atoms with Crippen LogP contribution in [0, 0.1) is 35.0 Å². The third-order valence-electron chi connectivity index (χ3n) is 9.74. The molecule has 2 unspecified atom stereocenters. The van der Waals surface area contributed by atoms with Crippen LogP contribution >= 0.6 is 0 Å². The zero-order valence-corrected chi connectivity index (χ0v) is 27.2. The lowest BCUT2D eigenvalue weighted by atomic mass is 9.55. The number of hydrogen-bond donors (Lipinski definition) is 0. The number of hydrogen-bond acceptors (Lipinski definition) is 4. The van der Waals surface area contributed by atoms with Crippen LogP contribution < -0.4 is 0 Å². The van der Waals surface area contributed by atoms with E-state index in [2.05, 4.69) is 91.0 Å². The van der Waals surface area contributed by atoms with Gasteiger partial charge in [-0.1, -0.05) is 54.6 Å². The van der Waals surface area contributed by atoms with Crippen molar-refractivity contribution in [2.75, 3.05) is 20.0 Å². The molecule has 0 heterocycles. The zero-order valence-electron chi connectivity index (χ0n) is 25.6. The normalized spacial score (nSPS) is 25.2.